The van der Waals surface area contributed by atoms with Gasteiger partial charge in [-0.15, -0.1) is 0 Å². The summed E-state index contributed by atoms with van der Waals surface area (Å²) in [4.78, 5) is 14.5. The first-order chi connectivity index (χ1) is 11.9. The molecule has 1 aromatic rings. The van der Waals surface area contributed by atoms with E-state index in [0.717, 1.165) is 31.2 Å². The van der Waals surface area contributed by atoms with Crippen LogP contribution in [0.5, 0.6) is 0 Å². The Morgan fingerprint density at radius 1 is 1.24 bits per heavy atom. The van der Waals surface area contributed by atoms with Crippen molar-refractivity contribution in [3.8, 4) is 0 Å². The molecule has 4 fully saturated rings. The number of amides is 2. The number of nitrogens with zero attached hydrogens (tertiary/aromatic N) is 1. The molecule has 3 nitrogen and oxygen atoms in total. The number of hydrogen-bond acceptors (Lipinski definition) is 1. The number of halogens is 3. The molecule has 2 amide bonds. The fraction of sp³-hybridized carbons (Fsp3) is 0.632. The van der Waals surface area contributed by atoms with Crippen LogP contribution < -0.4 is 5.32 Å². The summed E-state index contributed by atoms with van der Waals surface area (Å²) >= 11 is 6.24. The van der Waals surface area contributed by atoms with E-state index in [1.54, 1.807) is 18.2 Å². The van der Waals surface area contributed by atoms with E-state index in [2.05, 4.69) is 12.2 Å². The summed E-state index contributed by atoms with van der Waals surface area (Å²) in [7, 11) is 0. The zero-order valence-corrected chi connectivity index (χ0v) is 15.0. The van der Waals surface area contributed by atoms with Crippen molar-refractivity contribution in [1.29, 1.82) is 0 Å². The number of benzene rings is 1. The number of fused-ring (bicyclic) bond motifs is 2. The van der Waals surface area contributed by atoms with Gasteiger partial charge in [-0.1, -0.05) is 18.5 Å². The number of anilines is 1. The van der Waals surface area contributed by atoms with Gasteiger partial charge in [-0.3, -0.25) is 0 Å². The van der Waals surface area contributed by atoms with Crippen LogP contribution in [0.15, 0.2) is 18.2 Å². The Kier molecular flexibility index (Phi) is 4.38. The topological polar surface area (TPSA) is 32.3 Å². The third kappa shape index (κ3) is 3.01. The molecule has 1 N–H and O–H groups in total. The molecule has 4 aliphatic rings. The molecule has 2 saturated heterocycles. The first-order valence-electron chi connectivity index (χ1n) is 9.11. The van der Waals surface area contributed by atoms with E-state index in [0.29, 0.717) is 35.1 Å². The van der Waals surface area contributed by atoms with Crippen molar-refractivity contribution in [2.45, 2.75) is 63.5 Å². The van der Waals surface area contributed by atoms with Gasteiger partial charge in [0.1, 0.15) is 0 Å². The number of carbonyl (C=O) groups excluding carboxylic acids is 1. The van der Waals surface area contributed by atoms with Crippen LogP contribution in [0.4, 0.5) is 19.3 Å². The standard InChI is InChI=1S/C19H23ClF2N2O/c1-10-6-12-9-13(7-10)24(12)19(25)23-11-2-5-17(20)16(8-11)14-3-4-15(14)18(21)22/h2,5,8,10,12-15,18H,3-4,6-7,9H2,1H3,(H,23,25)/t10?,12?,13?,14-,15-/m0/s1. The average molecular weight is 369 g/mol. The normalized spacial score (nSPS) is 33.6. The van der Waals surface area contributed by atoms with Crippen molar-refractivity contribution >= 4 is 23.3 Å². The van der Waals surface area contributed by atoms with Gasteiger partial charge in [-0.05, 0) is 67.7 Å². The quantitative estimate of drug-likeness (QED) is 0.750. The maximum Gasteiger partial charge on any atom is 0.322 e. The van der Waals surface area contributed by atoms with Crippen LogP contribution >= 0.6 is 11.6 Å². The van der Waals surface area contributed by atoms with Crippen LogP contribution in [0.3, 0.4) is 0 Å². The molecule has 2 aliphatic heterocycles. The molecular formula is C19H23ClF2N2O. The molecule has 4 atom stereocenters. The molecule has 0 spiro atoms. The van der Waals surface area contributed by atoms with Gasteiger partial charge in [-0.2, -0.15) is 0 Å². The molecule has 2 aliphatic carbocycles. The summed E-state index contributed by atoms with van der Waals surface area (Å²) in [5, 5.41) is 3.45. The van der Waals surface area contributed by atoms with E-state index in [1.807, 2.05) is 4.90 Å². The van der Waals surface area contributed by atoms with E-state index in [4.69, 9.17) is 11.6 Å². The Morgan fingerprint density at radius 2 is 1.96 bits per heavy atom. The minimum atomic E-state index is -2.32. The monoisotopic (exact) mass is 368 g/mol. The van der Waals surface area contributed by atoms with E-state index in [-0.39, 0.29) is 11.9 Å². The lowest BCUT2D eigenvalue weighted by Crippen LogP contribution is -2.63. The number of carbonyl (C=O) groups is 1. The molecule has 0 radical (unpaired) electrons. The number of nitrogens with one attached hydrogen (secondary N) is 1. The Balaban J connectivity index is 1.47. The number of urea groups is 1. The lowest BCUT2D eigenvalue weighted by Gasteiger charge is -2.54. The maximum atomic E-state index is 13.1. The summed E-state index contributed by atoms with van der Waals surface area (Å²) in [6, 6.07) is 5.83. The van der Waals surface area contributed by atoms with Gasteiger partial charge in [0.15, 0.2) is 0 Å². The number of alkyl halides is 2. The molecule has 0 aromatic heterocycles. The largest absolute Gasteiger partial charge is 0.322 e. The number of piperidine rings is 1. The highest BCUT2D eigenvalue weighted by molar-refractivity contribution is 6.31. The van der Waals surface area contributed by atoms with Crippen LogP contribution in [0.2, 0.25) is 5.02 Å². The van der Waals surface area contributed by atoms with Gasteiger partial charge in [0.2, 0.25) is 6.43 Å². The second-order valence-corrected chi connectivity index (χ2v) is 8.28. The minimum absolute atomic E-state index is 0.0829. The minimum Gasteiger partial charge on any atom is -0.318 e. The Morgan fingerprint density at radius 3 is 2.56 bits per heavy atom. The summed E-state index contributed by atoms with van der Waals surface area (Å²) in [6.45, 7) is 2.23. The predicted octanol–water partition coefficient (Wildman–Crippen LogP) is 5.50. The third-order valence-corrected chi connectivity index (χ3v) is 6.56. The first-order valence-corrected chi connectivity index (χ1v) is 9.48. The molecule has 25 heavy (non-hydrogen) atoms. The van der Waals surface area contributed by atoms with Crippen LogP contribution in [0.25, 0.3) is 0 Å². The molecular weight excluding hydrogens is 346 g/mol. The number of rotatable bonds is 3. The number of hydrogen-bond donors (Lipinski definition) is 1. The Bertz CT molecular complexity index is 671. The second kappa shape index (κ2) is 6.42. The maximum absolute atomic E-state index is 13.1. The van der Waals surface area contributed by atoms with E-state index < -0.39 is 12.3 Å². The smallest absolute Gasteiger partial charge is 0.318 e. The summed E-state index contributed by atoms with van der Waals surface area (Å²) < 4.78 is 26.1. The van der Waals surface area contributed by atoms with Gasteiger partial charge in [0, 0.05) is 28.7 Å². The van der Waals surface area contributed by atoms with Gasteiger partial charge < -0.3 is 10.2 Å². The SMILES string of the molecule is CC1CC2CC(C1)N2C(=O)Nc1ccc(Cl)c([C@H]2CC[C@@H]2C(F)F)c1. The zero-order chi connectivity index (χ0) is 17.7. The highest BCUT2D eigenvalue weighted by Gasteiger charge is 2.46. The fourth-order valence-electron chi connectivity index (χ4n) is 4.78. The Labute approximate surface area is 151 Å². The van der Waals surface area contributed by atoms with Crippen molar-refractivity contribution in [3.63, 3.8) is 0 Å². The van der Waals surface area contributed by atoms with Crippen molar-refractivity contribution < 1.29 is 13.6 Å². The summed E-state index contributed by atoms with van der Waals surface area (Å²) in [6.07, 6.45) is 2.16. The van der Waals surface area contributed by atoms with Crippen molar-refractivity contribution in [2.24, 2.45) is 11.8 Å². The van der Waals surface area contributed by atoms with E-state index in [1.165, 1.54) is 0 Å². The van der Waals surface area contributed by atoms with E-state index in [9.17, 15) is 13.6 Å². The third-order valence-electron chi connectivity index (χ3n) is 6.21. The molecule has 1 aromatic carbocycles. The predicted molar refractivity (Wildman–Crippen MR) is 94.4 cm³/mol. The second-order valence-electron chi connectivity index (χ2n) is 7.88. The van der Waals surface area contributed by atoms with Crippen molar-refractivity contribution in [3.05, 3.63) is 28.8 Å². The first kappa shape index (κ1) is 17.1. The van der Waals surface area contributed by atoms with Crippen molar-refractivity contribution in [1.82, 2.24) is 4.90 Å². The van der Waals surface area contributed by atoms with Crippen LogP contribution in [-0.4, -0.2) is 29.4 Å². The Hall–Kier alpha value is -1.36. The van der Waals surface area contributed by atoms with Crippen molar-refractivity contribution in [2.75, 3.05) is 5.32 Å². The zero-order valence-electron chi connectivity index (χ0n) is 14.2. The molecule has 2 bridgehead atoms. The van der Waals surface area contributed by atoms with Gasteiger partial charge in [-0.25, -0.2) is 13.6 Å². The van der Waals surface area contributed by atoms with E-state index >= 15 is 0 Å². The highest BCUT2D eigenvalue weighted by Crippen LogP contribution is 2.48. The molecule has 6 heteroatoms. The molecule has 2 heterocycles. The van der Waals surface area contributed by atoms with Crippen LogP contribution in [0, 0.1) is 11.8 Å². The molecule has 5 rings (SSSR count). The van der Waals surface area contributed by atoms with Gasteiger partial charge in [0.05, 0.1) is 0 Å². The lowest BCUT2D eigenvalue weighted by molar-refractivity contribution is -0.00602. The van der Waals surface area contributed by atoms with Gasteiger partial charge in [0.25, 0.3) is 0 Å². The summed E-state index contributed by atoms with van der Waals surface area (Å²) in [5.41, 5.74) is 1.37. The highest BCUT2D eigenvalue weighted by atomic mass is 35.5. The average Bonchev–Trinajstić information content (AvgIpc) is 2.48. The summed E-state index contributed by atoms with van der Waals surface area (Å²) in [5.74, 6) is -0.159. The molecule has 136 valence electrons. The molecule has 2 unspecified atom stereocenters. The molecule has 2 saturated carbocycles. The lowest BCUT2D eigenvalue weighted by atomic mass is 9.70. The van der Waals surface area contributed by atoms with Gasteiger partial charge >= 0.3 is 6.03 Å². The van der Waals surface area contributed by atoms with Crippen LogP contribution in [-0.2, 0) is 0 Å². The fourth-order valence-corrected chi connectivity index (χ4v) is 5.04. The van der Waals surface area contributed by atoms with Crippen LogP contribution in [0.1, 0.15) is 50.5 Å².